The molecule has 27 heavy (non-hydrogen) atoms. The number of ether oxygens (including phenoxy) is 1. The highest BCUT2D eigenvalue weighted by Crippen LogP contribution is 2.52. The Balaban J connectivity index is 1.43. The zero-order valence-corrected chi connectivity index (χ0v) is 16.7. The van der Waals surface area contributed by atoms with E-state index in [1.54, 1.807) is 0 Å². The minimum atomic E-state index is -0.523. The van der Waals surface area contributed by atoms with Crippen molar-refractivity contribution in [2.45, 2.75) is 83.3 Å². The molecule has 4 nitrogen and oxygen atoms in total. The topological polar surface area (TPSA) is 49.8 Å². The molecular formula is C23H33NO3. The molecule has 1 N–H and O–H groups in total. The number of hydrogen-bond donors (Lipinski definition) is 1. The van der Waals surface area contributed by atoms with E-state index in [0.717, 1.165) is 62.9 Å². The summed E-state index contributed by atoms with van der Waals surface area (Å²) in [5, 5.41) is 11.1. The molecule has 4 heteroatoms. The normalized spacial score (nSPS) is 32.0. The first-order valence-corrected chi connectivity index (χ1v) is 10.7. The van der Waals surface area contributed by atoms with Gasteiger partial charge in [-0.3, -0.25) is 4.79 Å². The van der Waals surface area contributed by atoms with Crippen LogP contribution in [0.4, 0.5) is 5.69 Å². The Bertz CT molecular complexity index is 667. The molecule has 1 amide bonds. The van der Waals surface area contributed by atoms with Crippen LogP contribution < -0.4 is 9.64 Å². The summed E-state index contributed by atoms with van der Waals surface area (Å²) in [4.78, 5) is 15.2. The lowest BCUT2D eigenvalue weighted by molar-refractivity contribution is -0.133. The average Bonchev–Trinajstić information content (AvgIpc) is 3.29. The maximum Gasteiger partial charge on any atom is 0.233 e. The van der Waals surface area contributed by atoms with Gasteiger partial charge in [-0.25, -0.2) is 0 Å². The van der Waals surface area contributed by atoms with Crippen LogP contribution in [-0.2, 0) is 4.79 Å². The van der Waals surface area contributed by atoms with E-state index in [2.05, 4.69) is 0 Å². The lowest BCUT2D eigenvalue weighted by Gasteiger charge is -2.44. The number of rotatable bonds is 4. The van der Waals surface area contributed by atoms with Gasteiger partial charge < -0.3 is 14.7 Å². The quantitative estimate of drug-likeness (QED) is 0.835. The zero-order chi connectivity index (χ0) is 19.1. The highest BCUT2D eigenvalue weighted by molar-refractivity contribution is 6.00. The molecule has 0 radical (unpaired) electrons. The lowest BCUT2D eigenvalue weighted by atomic mass is 9.64. The largest absolute Gasteiger partial charge is 0.491 e. The van der Waals surface area contributed by atoms with Crippen LogP contribution in [0.3, 0.4) is 0 Å². The molecule has 1 aliphatic heterocycles. The summed E-state index contributed by atoms with van der Waals surface area (Å²) >= 11 is 0. The smallest absolute Gasteiger partial charge is 0.233 e. The first-order chi connectivity index (χ1) is 12.9. The van der Waals surface area contributed by atoms with Crippen molar-refractivity contribution in [1.29, 1.82) is 0 Å². The van der Waals surface area contributed by atoms with Gasteiger partial charge >= 0.3 is 0 Å². The molecule has 3 aliphatic rings. The van der Waals surface area contributed by atoms with Gasteiger partial charge in [-0.2, -0.15) is 0 Å². The van der Waals surface area contributed by atoms with E-state index >= 15 is 0 Å². The summed E-state index contributed by atoms with van der Waals surface area (Å²) in [6.07, 6.45) is 9.14. The van der Waals surface area contributed by atoms with Gasteiger partial charge in [0.25, 0.3) is 0 Å². The fraction of sp³-hybridized carbons (Fsp3) is 0.696. The zero-order valence-electron chi connectivity index (χ0n) is 16.7. The van der Waals surface area contributed by atoms with Gasteiger partial charge in [0, 0.05) is 12.2 Å². The van der Waals surface area contributed by atoms with Crippen molar-refractivity contribution in [3.05, 3.63) is 24.3 Å². The number of carbonyl (C=O) groups excluding carboxylic acids is 1. The molecule has 3 fully saturated rings. The van der Waals surface area contributed by atoms with E-state index in [1.165, 1.54) is 12.8 Å². The Kier molecular flexibility index (Phi) is 4.96. The highest BCUT2D eigenvalue weighted by Gasteiger charge is 2.53. The van der Waals surface area contributed by atoms with Crippen LogP contribution in [0.2, 0.25) is 0 Å². The Morgan fingerprint density at radius 3 is 2.26 bits per heavy atom. The van der Waals surface area contributed by atoms with Crippen LogP contribution >= 0.6 is 0 Å². The lowest BCUT2D eigenvalue weighted by Crippen LogP contribution is -2.46. The maximum atomic E-state index is 13.3. The predicted octanol–water partition coefficient (Wildman–Crippen LogP) is 4.69. The first-order valence-electron chi connectivity index (χ1n) is 10.7. The van der Waals surface area contributed by atoms with Crippen molar-refractivity contribution in [3.63, 3.8) is 0 Å². The van der Waals surface area contributed by atoms with Gasteiger partial charge in [0.2, 0.25) is 5.91 Å². The minimum Gasteiger partial charge on any atom is -0.491 e. The second kappa shape index (κ2) is 7.12. The van der Waals surface area contributed by atoms with Crippen LogP contribution in [-0.4, -0.2) is 29.3 Å². The molecular weight excluding hydrogens is 338 g/mol. The molecule has 1 aromatic carbocycles. The van der Waals surface area contributed by atoms with Gasteiger partial charge in [0.1, 0.15) is 5.75 Å². The van der Waals surface area contributed by atoms with Gasteiger partial charge in [-0.1, -0.05) is 12.8 Å². The fourth-order valence-corrected chi connectivity index (χ4v) is 5.54. The minimum absolute atomic E-state index is 0.147. The number of carbonyl (C=O) groups is 1. The van der Waals surface area contributed by atoms with E-state index < -0.39 is 5.60 Å². The highest BCUT2D eigenvalue weighted by atomic mass is 16.5. The Morgan fingerprint density at radius 2 is 1.67 bits per heavy atom. The predicted molar refractivity (Wildman–Crippen MR) is 107 cm³/mol. The number of benzene rings is 1. The second-order valence-electron chi connectivity index (χ2n) is 9.23. The van der Waals surface area contributed by atoms with Crippen molar-refractivity contribution in [1.82, 2.24) is 0 Å². The van der Waals surface area contributed by atoms with Crippen LogP contribution in [0.25, 0.3) is 0 Å². The molecule has 2 aliphatic carbocycles. The van der Waals surface area contributed by atoms with Crippen LogP contribution in [0, 0.1) is 11.3 Å². The maximum absolute atomic E-state index is 13.3. The number of aliphatic hydroxyl groups is 1. The fourth-order valence-electron chi connectivity index (χ4n) is 5.54. The Morgan fingerprint density at radius 1 is 1.04 bits per heavy atom. The monoisotopic (exact) mass is 371 g/mol. The summed E-state index contributed by atoms with van der Waals surface area (Å²) in [5.41, 5.74) is 0.188. The molecule has 0 bridgehead atoms. The molecule has 1 aromatic rings. The molecule has 4 rings (SSSR count). The SMILES string of the molecule is CC(C)Oc1ccc(N2CC[C@]3(CC[C@@](O)(C4CCCC4)CC3)C2=O)cc1. The van der Waals surface area contributed by atoms with Gasteiger partial charge in [-0.15, -0.1) is 0 Å². The van der Waals surface area contributed by atoms with Crippen molar-refractivity contribution in [3.8, 4) is 5.75 Å². The summed E-state index contributed by atoms with van der Waals surface area (Å²) in [6.45, 7) is 4.81. The molecule has 2 saturated carbocycles. The Labute approximate surface area is 162 Å². The number of amides is 1. The van der Waals surface area contributed by atoms with E-state index in [9.17, 15) is 9.90 Å². The third-order valence-electron chi connectivity index (χ3n) is 7.22. The van der Waals surface area contributed by atoms with Crippen LogP contribution in [0.15, 0.2) is 24.3 Å². The van der Waals surface area contributed by atoms with Crippen molar-refractivity contribution < 1.29 is 14.6 Å². The molecule has 0 unspecified atom stereocenters. The molecule has 148 valence electrons. The summed E-state index contributed by atoms with van der Waals surface area (Å²) in [7, 11) is 0. The van der Waals surface area contributed by atoms with Gasteiger partial charge in [0.15, 0.2) is 0 Å². The Hall–Kier alpha value is -1.55. The molecule has 1 spiro atoms. The summed E-state index contributed by atoms with van der Waals surface area (Å²) in [5.74, 6) is 1.55. The third kappa shape index (κ3) is 3.49. The average molecular weight is 372 g/mol. The number of hydrogen-bond acceptors (Lipinski definition) is 3. The van der Waals surface area contributed by atoms with E-state index in [4.69, 9.17) is 4.74 Å². The number of anilines is 1. The number of nitrogens with zero attached hydrogens (tertiary/aromatic N) is 1. The van der Waals surface area contributed by atoms with Crippen molar-refractivity contribution in [2.24, 2.45) is 11.3 Å². The summed E-state index contributed by atoms with van der Waals surface area (Å²) in [6, 6.07) is 7.89. The third-order valence-corrected chi connectivity index (χ3v) is 7.22. The van der Waals surface area contributed by atoms with Gasteiger partial charge in [-0.05, 0) is 89.0 Å². The van der Waals surface area contributed by atoms with Crippen LogP contribution in [0.5, 0.6) is 5.75 Å². The first kappa shape index (κ1) is 18.8. The standard InChI is InChI=1S/C23H33NO3/c1-17(2)27-20-9-7-19(8-10-20)24-16-15-22(21(24)25)11-13-23(26,14-12-22)18-5-3-4-6-18/h7-10,17-18,26H,3-6,11-16H2,1-2H3/t22-,23+. The summed E-state index contributed by atoms with van der Waals surface area (Å²) < 4.78 is 5.71. The van der Waals surface area contributed by atoms with E-state index in [1.807, 2.05) is 43.0 Å². The molecule has 1 heterocycles. The van der Waals surface area contributed by atoms with E-state index in [0.29, 0.717) is 5.92 Å². The second-order valence-corrected chi connectivity index (χ2v) is 9.23. The van der Waals surface area contributed by atoms with Crippen molar-refractivity contribution in [2.75, 3.05) is 11.4 Å². The molecule has 0 aromatic heterocycles. The van der Waals surface area contributed by atoms with E-state index in [-0.39, 0.29) is 17.4 Å². The molecule has 1 saturated heterocycles. The molecule has 0 atom stereocenters. The van der Waals surface area contributed by atoms with Crippen LogP contribution in [0.1, 0.15) is 71.6 Å². The van der Waals surface area contributed by atoms with Crippen molar-refractivity contribution >= 4 is 11.6 Å². The van der Waals surface area contributed by atoms with Gasteiger partial charge in [0.05, 0.1) is 17.1 Å².